The average Bonchev–Trinajstić information content (AvgIpc) is 1.55. The van der Waals surface area contributed by atoms with E-state index in [4.69, 9.17) is 37.2 Å². The van der Waals surface area contributed by atoms with Gasteiger partial charge in [0.2, 0.25) is 0 Å². The number of unbranched alkanes of at least 4 members (excludes halogenated alkanes) is 16. The summed E-state index contributed by atoms with van der Waals surface area (Å²) in [6, 6.07) is 47.0. The second-order valence-electron chi connectivity index (χ2n) is 33.4. The van der Waals surface area contributed by atoms with Gasteiger partial charge in [-0.25, -0.2) is 0 Å². The smallest absolute Gasteiger partial charge is 0.305 e. The zero-order valence-electron chi connectivity index (χ0n) is 75.8. The normalized spacial score (nSPS) is 12.2. The SMILES string of the molecule is CCOC(=O)CCCCCCc1cc(-c2ccc(-c3cc(CCCCCCC(=O)OCC)c(-c4ccc(-c5ccc(-c6sc(-c7ccc8c(c7)C(CCCCCC(=O)OCC)(CCCCCC(=O)OCC)c7cc(C)ccc7-8)cc6CCCCCCOC(=O)CC)s5)s4)s3)c3nsnc23)sc1-c1ccc(-c2ccc(-c3sc(C)cc3CCCCCCOC(=O)CC)s2)s1. The fraction of sp³-hybridized carbons (Fsp3) is 0.467. The number of rotatable bonds is 55. The third kappa shape index (κ3) is 26.0. The molecule has 9 aromatic heterocycles. The maximum atomic E-state index is 12.6. The van der Waals surface area contributed by atoms with E-state index in [2.05, 4.69) is 135 Å². The van der Waals surface area contributed by atoms with Crippen molar-refractivity contribution < 1.29 is 57.2 Å². The van der Waals surface area contributed by atoms with Crippen LogP contribution in [0.3, 0.4) is 0 Å². The number of aromatic nitrogens is 2. The first-order valence-corrected chi connectivity index (χ1v) is 54.1. The molecule has 128 heavy (non-hydrogen) atoms. The number of thiophene rings is 8. The Morgan fingerprint density at radius 3 is 1.02 bits per heavy atom. The molecule has 13 rings (SSSR count). The van der Waals surface area contributed by atoms with Crippen molar-refractivity contribution in [2.75, 3.05) is 39.6 Å². The van der Waals surface area contributed by atoms with Gasteiger partial charge in [0.25, 0.3) is 0 Å². The largest absolute Gasteiger partial charge is 0.466 e. The number of fused-ring (bicyclic) bond motifs is 4. The van der Waals surface area contributed by atoms with E-state index in [0.717, 1.165) is 202 Å². The van der Waals surface area contributed by atoms with Crippen LogP contribution < -0.4 is 0 Å². The molecule has 0 fully saturated rings. The van der Waals surface area contributed by atoms with E-state index in [1.807, 2.05) is 132 Å². The zero-order chi connectivity index (χ0) is 89.7. The van der Waals surface area contributed by atoms with Crippen LogP contribution in [0.1, 0.15) is 278 Å². The summed E-state index contributed by atoms with van der Waals surface area (Å²) in [5.74, 6) is -0.793. The minimum Gasteiger partial charge on any atom is -0.466 e. The second kappa shape index (κ2) is 49.4. The van der Waals surface area contributed by atoms with Crippen LogP contribution >= 0.6 is 102 Å². The highest BCUT2D eigenvalue weighted by Gasteiger charge is 2.43. The Balaban J connectivity index is 0.787. The molecule has 1 aliphatic carbocycles. The van der Waals surface area contributed by atoms with Gasteiger partial charge < -0.3 is 28.4 Å². The monoisotopic (exact) mass is 1890 g/mol. The molecule has 0 unspecified atom stereocenters. The molecule has 0 aliphatic heterocycles. The van der Waals surface area contributed by atoms with Gasteiger partial charge in [0.1, 0.15) is 11.0 Å². The van der Waals surface area contributed by atoms with Crippen LogP contribution in [0, 0.1) is 13.8 Å². The molecule has 1 aliphatic rings. The lowest BCUT2D eigenvalue weighted by molar-refractivity contribution is -0.144. The first kappa shape index (κ1) is 97.4. The van der Waals surface area contributed by atoms with E-state index in [0.29, 0.717) is 78.2 Å². The molecule has 680 valence electrons. The van der Waals surface area contributed by atoms with Crippen molar-refractivity contribution in [3.63, 3.8) is 0 Å². The van der Waals surface area contributed by atoms with Gasteiger partial charge in [0, 0.05) is 133 Å². The average molecular weight is 1890 g/mol. The predicted molar refractivity (Wildman–Crippen MR) is 538 cm³/mol. The number of aryl methyl sites for hydroxylation is 6. The maximum absolute atomic E-state index is 12.6. The number of benzene rings is 3. The standard InChI is InChI=1S/C105H124N2O12S9/c1-9-93(108)118-61-35-21-19-27-37-72-64-70(8)120-101(72)86-55-51-82(121-86)83-53-57-88(123-83)103-74(39-25-15-17-29-41-95(110)114-11-3)67-91(126-103)78-49-50-79(100-99(78)106-128-107-100)92-68-75(40-26-16-18-30-42-96(111)115-12-4)104(127-92)89-58-54-85(124-89)84-52-56-87(122-84)102-73(38-28-20-22-36-62-119-94(109)10-2)66-90(125-102)71-46-48-77-76-47-45-69(7)63-80(76)105(81(77)65-71,59-33-23-31-43-97(112)116-13-5)60-34-24-32-44-98(113)117-14-6/h45-58,63-68H,9-44,59-62H2,1-8H3. The Labute approximate surface area is 793 Å². The summed E-state index contributed by atoms with van der Waals surface area (Å²) < 4.78 is 42.4. The van der Waals surface area contributed by atoms with E-state index >= 15 is 0 Å². The Morgan fingerprint density at radius 1 is 0.289 bits per heavy atom. The first-order chi connectivity index (χ1) is 62.5. The first-order valence-electron chi connectivity index (χ1n) is 46.8. The molecule has 12 aromatic rings. The van der Waals surface area contributed by atoms with Gasteiger partial charge in [-0.3, -0.25) is 28.8 Å². The van der Waals surface area contributed by atoms with Crippen molar-refractivity contribution >= 4 is 149 Å². The lowest BCUT2D eigenvalue weighted by atomic mass is 9.70. The molecule has 0 radical (unpaired) electrons. The summed E-state index contributed by atoms with van der Waals surface area (Å²) >= 11 is 16.3. The number of carbonyl (C=O) groups is 6. The van der Waals surface area contributed by atoms with E-state index < -0.39 is 0 Å². The highest BCUT2D eigenvalue weighted by Crippen LogP contribution is 2.57. The van der Waals surface area contributed by atoms with Crippen LogP contribution in [-0.4, -0.2) is 84.2 Å². The van der Waals surface area contributed by atoms with Crippen LogP contribution in [0.5, 0.6) is 0 Å². The highest BCUT2D eigenvalue weighted by atomic mass is 32.1. The van der Waals surface area contributed by atoms with Gasteiger partial charge in [-0.15, -0.1) is 90.7 Å². The molecule has 3 aromatic carbocycles. The van der Waals surface area contributed by atoms with E-state index in [1.54, 1.807) is 0 Å². The Morgan fingerprint density at radius 2 is 0.617 bits per heavy atom. The van der Waals surface area contributed by atoms with Crippen molar-refractivity contribution in [1.29, 1.82) is 0 Å². The van der Waals surface area contributed by atoms with Crippen LogP contribution in [-0.2, 0) is 88.3 Å². The molecule has 0 N–H and O–H groups in total. The molecule has 0 saturated carbocycles. The summed E-state index contributed by atoms with van der Waals surface area (Å²) in [5.41, 5.74) is 16.9. The minimum atomic E-state index is -0.256. The summed E-state index contributed by atoms with van der Waals surface area (Å²) in [6.45, 7) is 18.1. The number of hydrogen-bond donors (Lipinski definition) is 0. The zero-order valence-corrected chi connectivity index (χ0v) is 83.1. The third-order valence-electron chi connectivity index (χ3n) is 24.0. The van der Waals surface area contributed by atoms with Crippen molar-refractivity contribution in [2.45, 2.75) is 279 Å². The molecular formula is C105H124N2O12S9. The molecule has 0 bridgehead atoms. The van der Waals surface area contributed by atoms with Gasteiger partial charge >= 0.3 is 35.8 Å². The van der Waals surface area contributed by atoms with Crippen LogP contribution in [0.25, 0.3) is 112 Å². The van der Waals surface area contributed by atoms with Gasteiger partial charge in [-0.05, 0) is 273 Å². The molecule has 9 heterocycles. The van der Waals surface area contributed by atoms with Crippen molar-refractivity contribution in [3.05, 3.63) is 165 Å². The Hall–Kier alpha value is -8.10. The van der Waals surface area contributed by atoms with Crippen LogP contribution in [0.2, 0.25) is 0 Å². The van der Waals surface area contributed by atoms with Gasteiger partial charge in [0.05, 0.1) is 51.4 Å². The number of carbonyl (C=O) groups excluding carboxylic acids is 6. The molecule has 14 nitrogen and oxygen atoms in total. The number of ether oxygens (including phenoxy) is 6. The fourth-order valence-electron chi connectivity index (χ4n) is 17.6. The topological polar surface area (TPSA) is 184 Å². The van der Waals surface area contributed by atoms with Crippen LogP contribution in [0.4, 0.5) is 0 Å². The maximum Gasteiger partial charge on any atom is 0.305 e. The van der Waals surface area contributed by atoms with Crippen molar-refractivity contribution in [2.24, 2.45) is 0 Å². The second-order valence-corrected chi connectivity index (χ2v) is 42.7. The molecule has 23 heteroatoms. The van der Waals surface area contributed by atoms with Crippen LogP contribution in [0.15, 0.2) is 121 Å². The third-order valence-corrected chi connectivity index (χ3v) is 34.8. The number of nitrogens with zero attached hydrogens (tertiary/aromatic N) is 2. The predicted octanol–water partition coefficient (Wildman–Crippen LogP) is 31.3. The Bertz CT molecular complexity index is 5620. The number of hydrogen-bond acceptors (Lipinski definition) is 23. The van der Waals surface area contributed by atoms with Crippen molar-refractivity contribution in [3.8, 4) is 101 Å². The quantitative estimate of drug-likeness (QED) is 0.0199. The lowest BCUT2D eigenvalue weighted by Gasteiger charge is -2.33. The molecular weight excluding hydrogens is 1770 g/mol. The van der Waals surface area contributed by atoms with Gasteiger partial charge in [-0.2, -0.15) is 8.75 Å². The van der Waals surface area contributed by atoms with Gasteiger partial charge in [0.15, 0.2) is 0 Å². The fourth-order valence-corrected chi connectivity index (χ4v) is 27.7. The molecule has 0 spiro atoms. The lowest BCUT2D eigenvalue weighted by Crippen LogP contribution is -2.26. The molecule has 0 saturated heterocycles. The summed E-state index contributed by atoms with van der Waals surface area (Å²) in [5, 5.41) is 0. The molecule has 0 atom stereocenters. The number of esters is 6. The molecule has 0 amide bonds. The van der Waals surface area contributed by atoms with Gasteiger partial charge in [-0.1, -0.05) is 139 Å². The Kier molecular flexibility index (Phi) is 37.6. The summed E-state index contributed by atoms with van der Waals surface area (Å²) in [4.78, 5) is 93.8. The minimum absolute atomic E-state index is 0.122. The summed E-state index contributed by atoms with van der Waals surface area (Å²) in [7, 11) is 0. The highest BCUT2D eigenvalue weighted by molar-refractivity contribution is 7.30. The van der Waals surface area contributed by atoms with E-state index in [-0.39, 0.29) is 41.2 Å². The summed E-state index contributed by atoms with van der Waals surface area (Å²) in [6.07, 6.45) is 29.1. The van der Waals surface area contributed by atoms with E-state index in [1.165, 1.54) is 145 Å². The van der Waals surface area contributed by atoms with E-state index in [9.17, 15) is 28.8 Å². The van der Waals surface area contributed by atoms with Crippen molar-refractivity contribution in [1.82, 2.24) is 8.75 Å².